The lowest BCUT2D eigenvalue weighted by atomic mass is 10.2. The summed E-state index contributed by atoms with van der Waals surface area (Å²) in [6.07, 6.45) is 3.02. The molecule has 0 saturated carbocycles. The highest BCUT2D eigenvalue weighted by Crippen LogP contribution is 2.16. The van der Waals surface area contributed by atoms with Crippen LogP contribution in [-0.4, -0.2) is 51.8 Å². The van der Waals surface area contributed by atoms with Gasteiger partial charge in [-0.3, -0.25) is 9.69 Å². The Morgan fingerprint density at radius 1 is 1.25 bits per heavy atom. The van der Waals surface area contributed by atoms with Crippen LogP contribution in [0.15, 0.2) is 42.0 Å². The van der Waals surface area contributed by atoms with E-state index < -0.39 is 0 Å². The zero-order valence-electron chi connectivity index (χ0n) is 16.9. The first-order valence-corrected chi connectivity index (χ1v) is 9.80. The quantitative estimate of drug-likeness (QED) is 0.743. The molecule has 3 rings (SSSR count). The molecule has 28 heavy (non-hydrogen) atoms. The zero-order chi connectivity index (χ0) is 19.9. The van der Waals surface area contributed by atoms with Crippen molar-refractivity contribution in [2.24, 2.45) is 0 Å². The van der Waals surface area contributed by atoms with Crippen molar-refractivity contribution in [3.63, 3.8) is 0 Å². The van der Waals surface area contributed by atoms with Crippen molar-refractivity contribution >= 4 is 5.91 Å². The van der Waals surface area contributed by atoms with Crippen LogP contribution < -0.4 is 10.1 Å². The van der Waals surface area contributed by atoms with Crippen LogP contribution in [0.4, 0.5) is 0 Å². The molecule has 7 heteroatoms. The van der Waals surface area contributed by atoms with Crippen LogP contribution in [0.2, 0.25) is 0 Å². The number of benzene rings is 1. The molecule has 150 valence electrons. The molecule has 1 aromatic heterocycles. The fourth-order valence-corrected chi connectivity index (χ4v) is 3.32. The van der Waals surface area contributed by atoms with E-state index >= 15 is 0 Å². The van der Waals surface area contributed by atoms with Crippen molar-refractivity contribution < 1.29 is 9.53 Å². The largest absolute Gasteiger partial charge is 0.484 e. The minimum Gasteiger partial charge on any atom is -0.484 e. The van der Waals surface area contributed by atoms with E-state index in [1.54, 1.807) is 0 Å². The molecule has 1 aromatic carbocycles. The van der Waals surface area contributed by atoms with Crippen LogP contribution in [0.3, 0.4) is 0 Å². The maximum Gasteiger partial charge on any atom is 0.258 e. The van der Waals surface area contributed by atoms with Crippen LogP contribution in [0, 0.1) is 0 Å². The summed E-state index contributed by atoms with van der Waals surface area (Å²) in [6.45, 7) is 9.87. The number of allylic oxidation sites excluding steroid dienone is 1. The van der Waals surface area contributed by atoms with Gasteiger partial charge < -0.3 is 14.6 Å². The number of nitrogens with one attached hydrogen (secondary N) is 1. The molecular weight excluding hydrogens is 354 g/mol. The predicted molar refractivity (Wildman–Crippen MR) is 108 cm³/mol. The number of carbonyl (C=O) groups is 1. The Hall–Kier alpha value is -2.67. The Balaban J connectivity index is 1.56. The van der Waals surface area contributed by atoms with Gasteiger partial charge in [0.25, 0.3) is 5.91 Å². The van der Waals surface area contributed by atoms with Gasteiger partial charge in [-0.2, -0.15) is 0 Å². The van der Waals surface area contributed by atoms with Gasteiger partial charge in [0.2, 0.25) is 0 Å². The monoisotopic (exact) mass is 383 g/mol. The summed E-state index contributed by atoms with van der Waals surface area (Å²) >= 11 is 0. The van der Waals surface area contributed by atoms with Gasteiger partial charge in [0, 0.05) is 32.6 Å². The van der Waals surface area contributed by atoms with E-state index in [0.717, 1.165) is 44.2 Å². The zero-order valence-corrected chi connectivity index (χ0v) is 16.9. The number of carbonyl (C=O) groups excluding carboxylic acids is 1. The lowest BCUT2D eigenvalue weighted by Gasteiger charge is -2.20. The summed E-state index contributed by atoms with van der Waals surface area (Å²) < 4.78 is 7.66. The second kappa shape index (κ2) is 9.50. The van der Waals surface area contributed by atoms with Gasteiger partial charge in [0.05, 0.1) is 6.04 Å². The van der Waals surface area contributed by atoms with Crippen LogP contribution in [0.25, 0.3) is 0 Å². The summed E-state index contributed by atoms with van der Waals surface area (Å²) in [5.41, 5.74) is 1.37. The Morgan fingerprint density at radius 2 is 2.04 bits per heavy atom. The highest BCUT2D eigenvalue weighted by molar-refractivity contribution is 5.77. The SMILES string of the molecule is C/C=C(\C)CN1CCc2nnc([C@H](C)NC(=O)COc3ccccc3)n2CC1. The Morgan fingerprint density at radius 3 is 2.79 bits per heavy atom. The predicted octanol–water partition coefficient (Wildman–Crippen LogP) is 2.36. The van der Waals surface area contributed by atoms with Crippen molar-refractivity contribution in [1.29, 1.82) is 0 Å². The van der Waals surface area contributed by atoms with E-state index in [0.29, 0.717) is 5.75 Å². The Labute approximate surface area is 166 Å². The van der Waals surface area contributed by atoms with Crippen LogP contribution in [0.5, 0.6) is 5.75 Å². The second-order valence-electron chi connectivity index (χ2n) is 7.18. The molecular formula is C21H29N5O2. The molecule has 0 unspecified atom stereocenters. The van der Waals surface area contributed by atoms with Crippen molar-refractivity contribution in [2.75, 3.05) is 26.2 Å². The molecule has 1 N–H and O–H groups in total. The number of aromatic nitrogens is 3. The number of para-hydroxylation sites is 1. The van der Waals surface area contributed by atoms with Crippen LogP contribution in [0.1, 0.15) is 38.5 Å². The molecule has 1 aliphatic rings. The highest BCUT2D eigenvalue weighted by atomic mass is 16.5. The minimum atomic E-state index is -0.225. The highest BCUT2D eigenvalue weighted by Gasteiger charge is 2.22. The van der Waals surface area contributed by atoms with Gasteiger partial charge in [0.15, 0.2) is 12.4 Å². The van der Waals surface area contributed by atoms with Crippen molar-refractivity contribution in [1.82, 2.24) is 25.0 Å². The van der Waals surface area contributed by atoms with E-state index in [9.17, 15) is 4.79 Å². The Kier molecular flexibility index (Phi) is 6.81. The molecule has 1 atom stereocenters. The summed E-state index contributed by atoms with van der Waals surface area (Å²) in [4.78, 5) is 14.7. The smallest absolute Gasteiger partial charge is 0.258 e. The molecule has 0 radical (unpaired) electrons. The third-order valence-corrected chi connectivity index (χ3v) is 4.99. The third-order valence-electron chi connectivity index (χ3n) is 4.99. The van der Waals surface area contributed by atoms with Crippen molar-refractivity contribution in [2.45, 2.75) is 39.8 Å². The van der Waals surface area contributed by atoms with Gasteiger partial charge >= 0.3 is 0 Å². The Bertz CT molecular complexity index is 815. The van der Waals surface area contributed by atoms with Crippen LogP contribution in [-0.2, 0) is 17.8 Å². The van der Waals surface area contributed by atoms with Gasteiger partial charge in [0.1, 0.15) is 11.6 Å². The summed E-state index contributed by atoms with van der Waals surface area (Å²) in [5.74, 6) is 2.29. The molecule has 2 aromatic rings. The molecule has 0 bridgehead atoms. The maximum absolute atomic E-state index is 12.3. The van der Waals surface area contributed by atoms with Gasteiger partial charge in [-0.05, 0) is 32.9 Å². The van der Waals surface area contributed by atoms with Gasteiger partial charge in [-0.15, -0.1) is 10.2 Å². The normalized spacial score (nSPS) is 16.2. The number of hydrogen-bond acceptors (Lipinski definition) is 5. The molecule has 0 fully saturated rings. The van der Waals surface area contributed by atoms with Crippen LogP contribution >= 0.6 is 0 Å². The molecule has 0 aliphatic carbocycles. The number of hydrogen-bond donors (Lipinski definition) is 1. The average molecular weight is 383 g/mol. The first kappa shape index (κ1) is 20.1. The minimum absolute atomic E-state index is 0.0221. The van der Waals surface area contributed by atoms with Gasteiger partial charge in [-0.1, -0.05) is 29.8 Å². The lowest BCUT2D eigenvalue weighted by molar-refractivity contribution is -0.123. The third kappa shape index (κ3) is 5.19. The standard InChI is InChI=1S/C21H29N5O2/c1-4-16(2)14-25-11-10-19-23-24-21(26(19)13-12-25)17(3)22-20(27)15-28-18-8-6-5-7-9-18/h4-9,17H,10-15H2,1-3H3,(H,22,27)/b16-4+/t17-/m0/s1. The van der Waals surface area contributed by atoms with E-state index in [1.807, 2.05) is 37.3 Å². The fraction of sp³-hybridized carbons (Fsp3) is 0.476. The topological polar surface area (TPSA) is 72.3 Å². The van der Waals surface area contributed by atoms with Crippen molar-refractivity contribution in [3.05, 3.63) is 53.6 Å². The number of rotatable bonds is 7. The molecule has 1 amide bonds. The molecule has 0 spiro atoms. The van der Waals surface area contributed by atoms with E-state index in [1.165, 1.54) is 5.57 Å². The number of nitrogens with zero attached hydrogens (tertiary/aromatic N) is 4. The fourth-order valence-electron chi connectivity index (χ4n) is 3.32. The average Bonchev–Trinajstić information content (AvgIpc) is 3.02. The van der Waals surface area contributed by atoms with Gasteiger partial charge in [-0.25, -0.2) is 0 Å². The first-order chi connectivity index (χ1) is 13.6. The summed E-state index contributed by atoms with van der Waals surface area (Å²) in [5, 5.41) is 11.7. The van der Waals surface area contributed by atoms with Crippen molar-refractivity contribution in [3.8, 4) is 5.75 Å². The second-order valence-corrected chi connectivity index (χ2v) is 7.18. The van der Waals surface area contributed by atoms with E-state index in [2.05, 4.69) is 44.9 Å². The summed E-state index contributed by atoms with van der Waals surface area (Å²) in [6, 6.07) is 9.10. The molecule has 2 heterocycles. The molecule has 1 aliphatic heterocycles. The summed E-state index contributed by atoms with van der Waals surface area (Å²) in [7, 11) is 0. The lowest BCUT2D eigenvalue weighted by Crippen LogP contribution is -2.33. The molecule has 7 nitrogen and oxygen atoms in total. The molecule has 0 saturated heterocycles. The number of ether oxygens (including phenoxy) is 1. The number of fused-ring (bicyclic) bond motifs is 1. The van der Waals surface area contributed by atoms with E-state index in [-0.39, 0.29) is 18.6 Å². The van der Waals surface area contributed by atoms with E-state index in [4.69, 9.17) is 4.74 Å². The first-order valence-electron chi connectivity index (χ1n) is 9.80. The maximum atomic E-state index is 12.3. The number of amides is 1.